The SMILES string of the molecule is CCC1(CCCCCC(N=[N+]=[N-])c2cnc(-c3ccccc3)s2)OCCO1. The van der Waals surface area contributed by atoms with Crippen molar-refractivity contribution in [1.82, 2.24) is 4.98 Å². The molecule has 1 atom stereocenters. The van der Waals surface area contributed by atoms with Crippen molar-refractivity contribution in [2.24, 2.45) is 5.11 Å². The van der Waals surface area contributed by atoms with Gasteiger partial charge >= 0.3 is 0 Å². The topological polar surface area (TPSA) is 80.1 Å². The van der Waals surface area contributed by atoms with Crippen molar-refractivity contribution < 1.29 is 9.47 Å². The maximum atomic E-state index is 8.94. The van der Waals surface area contributed by atoms with E-state index < -0.39 is 0 Å². The summed E-state index contributed by atoms with van der Waals surface area (Å²) in [6.45, 7) is 3.50. The van der Waals surface area contributed by atoms with Gasteiger partial charge in [0.15, 0.2) is 5.79 Å². The first kappa shape index (κ1) is 19.8. The Morgan fingerprint density at radius 1 is 1.22 bits per heavy atom. The van der Waals surface area contributed by atoms with Crippen LogP contribution in [0.25, 0.3) is 21.0 Å². The fourth-order valence-corrected chi connectivity index (χ4v) is 4.39. The number of hydrogen-bond acceptors (Lipinski definition) is 5. The highest BCUT2D eigenvalue weighted by atomic mass is 32.1. The molecule has 6 nitrogen and oxygen atoms in total. The normalized spacial score (nSPS) is 16.8. The summed E-state index contributed by atoms with van der Waals surface area (Å²) >= 11 is 1.61. The molecular formula is C20H26N4O2S. The molecule has 27 heavy (non-hydrogen) atoms. The lowest BCUT2D eigenvalue weighted by molar-refractivity contribution is -0.164. The van der Waals surface area contributed by atoms with Gasteiger partial charge in [-0.2, -0.15) is 0 Å². The largest absolute Gasteiger partial charge is 0.348 e. The lowest BCUT2D eigenvalue weighted by Crippen LogP contribution is -2.28. The van der Waals surface area contributed by atoms with Crippen molar-refractivity contribution >= 4 is 11.3 Å². The molecule has 0 amide bonds. The molecule has 0 bridgehead atoms. The van der Waals surface area contributed by atoms with Crippen LogP contribution in [0.5, 0.6) is 0 Å². The summed E-state index contributed by atoms with van der Waals surface area (Å²) in [7, 11) is 0. The summed E-state index contributed by atoms with van der Waals surface area (Å²) in [5.74, 6) is -0.369. The minimum atomic E-state index is -0.369. The predicted molar refractivity (Wildman–Crippen MR) is 107 cm³/mol. The average molecular weight is 387 g/mol. The van der Waals surface area contributed by atoms with E-state index in [1.165, 1.54) is 0 Å². The first-order chi connectivity index (χ1) is 13.3. The molecule has 0 spiro atoms. The van der Waals surface area contributed by atoms with Gasteiger partial charge in [0.1, 0.15) is 5.01 Å². The second-order valence-electron chi connectivity index (χ2n) is 6.72. The van der Waals surface area contributed by atoms with Crippen LogP contribution in [0.4, 0.5) is 0 Å². The van der Waals surface area contributed by atoms with E-state index in [4.69, 9.17) is 15.0 Å². The molecule has 7 heteroatoms. The fraction of sp³-hybridized carbons (Fsp3) is 0.550. The summed E-state index contributed by atoms with van der Waals surface area (Å²) in [5, 5.41) is 4.97. The molecule has 2 heterocycles. The van der Waals surface area contributed by atoms with Gasteiger partial charge in [0.05, 0.1) is 19.3 Å². The maximum absolute atomic E-state index is 8.94. The first-order valence-corrected chi connectivity index (χ1v) is 10.4. The van der Waals surface area contributed by atoms with Gasteiger partial charge in [0.2, 0.25) is 0 Å². The number of unbranched alkanes of at least 4 members (excludes halogenated alkanes) is 2. The average Bonchev–Trinajstić information content (AvgIpc) is 3.38. The standard InChI is InChI=1S/C20H26N4O2S/c1-2-20(25-13-14-26-20)12-8-4-7-11-17(23-24-21)18-15-22-19(27-18)16-9-5-3-6-10-16/h3,5-6,9-10,15,17H,2,4,7-8,11-14H2,1H3. The van der Waals surface area contributed by atoms with Gasteiger partial charge in [0.25, 0.3) is 0 Å². The van der Waals surface area contributed by atoms with E-state index in [0.29, 0.717) is 13.2 Å². The van der Waals surface area contributed by atoms with Gasteiger partial charge in [-0.25, -0.2) is 4.98 Å². The van der Waals surface area contributed by atoms with Gasteiger partial charge < -0.3 is 9.47 Å². The van der Waals surface area contributed by atoms with Gasteiger partial charge in [-0.15, -0.1) is 11.3 Å². The van der Waals surface area contributed by atoms with Gasteiger partial charge in [-0.3, -0.25) is 0 Å². The number of nitrogens with zero attached hydrogens (tertiary/aromatic N) is 4. The Kier molecular flexibility index (Phi) is 7.24. The molecule has 1 aromatic carbocycles. The zero-order valence-corrected chi connectivity index (χ0v) is 16.5. The molecule has 1 aromatic heterocycles. The monoisotopic (exact) mass is 386 g/mol. The minimum Gasteiger partial charge on any atom is -0.348 e. The summed E-state index contributed by atoms with van der Waals surface area (Å²) in [5.41, 5.74) is 10.0. The summed E-state index contributed by atoms with van der Waals surface area (Å²) in [6.07, 6.45) is 7.61. The zero-order chi connectivity index (χ0) is 19.0. The summed E-state index contributed by atoms with van der Waals surface area (Å²) in [4.78, 5) is 8.58. The third-order valence-corrected chi connectivity index (χ3v) is 6.10. The van der Waals surface area contributed by atoms with Crippen molar-refractivity contribution in [3.8, 4) is 10.6 Å². The molecule has 0 N–H and O–H groups in total. The lowest BCUT2D eigenvalue weighted by Gasteiger charge is -2.25. The minimum absolute atomic E-state index is 0.149. The van der Waals surface area contributed by atoms with E-state index in [2.05, 4.69) is 21.9 Å². The van der Waals surface area contributed by atoms with Gasteiger partial charge in [0, 0.05) is 28.0 Å². The third-order valence-electron chi connectivity index (χ3n) is 4.95. The molecular weight excluding hydrogens is 360 g/mol. The molecule has 3 rings (SSSR count). The summed E-state index contributed by atoms with van der Waals surface area (Å²) in [6, 6.07) is 9.93. The second-order valence-corrected chi connectivity index (χ2v) is 7.78. The highest BCUT2D eigenvalue weighted by Crippen LogP contribution is 2.34. The molecule has 0 aliphatic carbocycles. The molecule has 1 fully saturated rings. The maximum Gasteiger partial charge on any atom is 0.168 e. The smallest absolute Gasteiger partial charge is 0.168 e. The van der Waals surface area contributed by atoms with Crippen molar-refractivity contribution in [3.05, 3.63) is 51.8 Å². The van der Waals surface area contributed by atoms with E-state index in [0.717, 1.165) is 54.0 Å². The number of rotatable bonds is 10. The van der Waals surface area contributed by atoms with Crippen LogP contribution >= 0.6 is 11.3 Å². The van der Waals surface area contributed by atoms with Crippen LogP contribution in [0.15, 0.2) is 41.6 Å². The number of aromatic nitrogens is 1. The molecule has 1 saturated heterocycles. The van der Waals surface area contributed by atoms with Crippen molar-refractivity contribution in [3.63, 3.8) is 0 Å². The molecule has 144 valence electrons. The van der Waals surface area contributed by atoms with Crippen LogP contribution in [0.1, 0.15) is 56.4 Å². The van der Waals surface area contributed by atoms with E-state index >= 15 is 0 Å². The van der Waals surface area contributed by atoms with E-state index in [-0.39, 0.29) is 11.8 Å². The van der Waals surface area contributed by atoms with Crippen LogP contribution in [0.3, 0.4) is 0 Å². The molecule has 0 radical (unpaired) electrons. The number of azide groups is 1. The number of ether oxygens (including phenoxy) is 2. The number of thiazole rings is 1. The molecule has 1 aliphatic heterocycles. The highest BCUT2D eigenvalue weighted by Gasteiger charge is 2.33. The molecule has 2 aromatic rings. The summed E-state index contributed by atoms with van der Waals surface area (Å²) < 4.78 is 11.5. The Hall–Kier alpha value is -1.92. The Labute approximate surface area is 164 Å². The Morgan fingerprint density at radius 2 is 2.00 bits per heavy atom. The van der Waals surface area contributed by atoms with Crippen LogP contribution in [-0.2, 0) is 9.47 Å². The Balaban J connectivity index is 1.51. The zero-order valence-electron chi connectivity index (χ0n) is 15.7. The van der Waals surface area contributed by atoms with Crippen LogP contribution in [0, 0.1) is 0 Å². The Morgan fingerprint density at radius 3 is 2.70 bits per heavy atom. The van der Waals surface area contributed by atoms with Crippen molar-refractivity contribution in [2.75, 3.05) is 13.2 Å². The van der Waals surface area contributed by atoms with Gasteiger partial charge in [-0.1, -0.05) is 55.2 Å². The quantitative estimate of drug-likeness (QED) is 0.209. The third kappa shape index (κ3) is 5.30. The van der Waals surface area contributed by atoms with Crippen LogP contribution < -0.4 is 0 Å². The lowest BCUT2D eigenvalue weighted by atomic mass is 10.0. The first-order valence-electron chi connectivity index (χ1n) is 9.59. The number of benzene rings is 1. The van der Waals surface area contributed by atoms with E-state index in [1.54, 1.807) is 11.3 Å². The Bertz CT molecular complexity index is 752. The van der Waals surface area contributed by atoms with Crippen LogP contribution in [0.2, 0.25) is 0 Å². The van der Waals surface area contributed by atoms with Crippen molar-refractivity contribution in [2.45, 2.75) is 57.3 Å². The van der Waals surface area contributed by atoms with Crippen LogP contribution in [-0.4, -0.2) is 24.0 Å². The van der Waals surface area contributed by atoms with Crippen molar-refractivity contribution in [1.29, 1.82) is 0 Å². The fourth-order valence-electron chi connectivity index (χ4n) is 3.41. The van der Waals surface area contributed by atoms with E-state index in [1.807, 2.05) is 36.5 Å². The highest BCUT2D eigenvalue weighted by molar-refractivity contribution is 7.15. The number of hydrogen-bond donors (Lipinski definition) is 0. The molecule has 1 aliphatic rings. The van der Waals surface area contributed by atoms with E-state index in [9.17, 15) is 0 Å². The second kappa shape index (κ2) is 9.85. The van der Waals surface area contributed by atoms with Gasteiger partial charge in [-0.05, 0) is 24.8 Å². The molecule has 0 saturated carbocycles. The predicted octanol–water partition coefficient (Wildman–Crippen LogP) is 6.27. The molecule has 1 unspecified atom stereocenters.